The van der Waals surface area contributed by atoms with Gasteiger partial charge in [0.15, 0.2) is 5.72 Å². The van der Waals surface area contributed by atoms with Gasteiger partial charge in [-0.05, 0) is 17.7 Å². The summed E-state index contributed by atoms with van der Waals surface area (Å²) in [6.45, 7) is 1.88. The molecule has 3 aliphatic heterocycles. The molecule has 6 nitrogen and oxygen atoms in total. The van der Waals surface area contributed by atoms with E-state index in [4.69, 9.17) is 9.47 Å². The minimum Gasteiger partial charge on any atom is -0.497 e. The van der Waals surface area contributed by atoms with Gasteiger partial charge in [-0.25, -0.2) is 0 Å². The molecule has 4 rings (SSSR count). The summed E-state index contributed by atoms with van der Waals surface area (Å²) in [5.41, 5.74) is 0.400. The molecule has 1 spiro atoms. The number of carbonyl (C=O) groups excluding carboxylic acids is 2. The Morgan fingerprint density at radius 1 is 1.35 bits per heavy atom. The maximum absolute atomic E-state index is 12.7. The third-order valence-corrected chi connectivity index (χ3v) is 5.24. The molecule has 3 aliphatic rings. The molecule has 3 saturated heterocycles. The van der Waals surface area contributed by atoms with E-state index >= 15 is 0 Å². The molecule has 6 heteroatoms. The van der Waals surface area contributed by atoms with Crippen molar-refractivity contribution < 1.29 is 19.1 Å². The number of nitrogens with zero attached hydrogens (tertiary/aromatic N) is 2. The molecule has 0 saturated carbocycles. The first-order valence-corrected chi connectivity index (χ1v) is 8.01. The first kappa shape index (κ1) is 14.5. The Morgan fingerprint density at radius 2 is 2.13 bits per heavy atom. The van der Waals surface area contributed by atoms with Crippen molar-refractivity contribution in [3.8, 4) is 5.75 Å². The van der Waals surface area contributed by atoms with Crippen LogP contribution in [0.2, 0.25) is 0 Å². The summed E-state index contributed by atoms with van der Waals surface area (Å²) in [6, 6.07) is 7.38. The van der Waals surface area contributed by atoms with E-state index in [1.54, 1.807) is 7.11 Å². The Morgan fingerprint density at radius 3 is 2.87 bits per heavy atom. The van der Waals surface area contributed by atoms with E-state index in [0.717, 1.165) is 17.7 Å². The predicted octanol–water partition coefficient (Wildman–Crippen LogP) is 0.797. The first-order chi connectivity index (χ1) is 11.1. The van der Waals surface area contributed by atoms with Gasteiger partial charge >= 0.3 is 0 Å². The summed E-state index contributed by atoms with van der Waals surface area (Å²) >= 11 is 0. The van der Waals surface area contributed by atoms with Crippen molar-refractivity contribution in [2.75, 3.05) is 26.8 Å². The molecular formula is C17H20N2O4. The highest BCUT2D eigenvalue weighted by molar-refractivity contribution is 5.85. The Labute approximate surface area is 134 Å². The molecule has 23 heavy (non-hydrogen) atoms. The van der Waals surface area contributed by atoms with Gasteiger partial charge in [0.1, 0.15) is 5.75 Å². The summed E-state index contributed by atoms with van der Waals surface area (Å²) in [4.78, 5) is 28.5. The molecule has 3 heterocycles. The smallest absolute Gasteiger partial charge is 0.227 e. The van der Waals surface area contributed by atoms with Crippen molar-refractivity contribution >= 4 is 11.8 Å². The van der Waals surface area contributed by atoms with Gasteiger partial charge < -0.3 is 19.3 Å². The molecule has 0 N–H and O–H groups in total. The Hall–Kier alpha value is -2.08. The normalized spacial score (nSPS) is 28.9. The van der Waals surface area contributed by atoms with E-state index in [2.05, 4.69) is 0 Å². The third kappa shape index (κ3) is 2.12. The largest absolute Gasteiger partial charge is 0.497 e. The van der Waals surface area contributed by atoms with Gasteiger partial charge in [0, 0.05) is 19.5 Å². The fourth-order valence-electron chi connectivity index (χ4n) is 4.11. The van der Waals surface area contributed by atoms with Gasteiger partial charge in [0.05, 0.1) is 32.6 Å². The maximum atomic E-state index is 12.7. The van der Waals surface area contributed by atoms with E-state index in [1.165, 1.54) is 0 Å². The summed E-state index contributed by atoms with van der Waals surface area (Å²) in [7, 11) is 1.62. The van der Waals surface area contributed by atoms with Crippen molar-refractivity contribution in [2.45, 2.75) is 31.0 Å². The van der Waals surface area contributed by atoms with Gasteiger partial charge in [-0.3, -0.25) is 9.59 Å². The van der Waals surface area contributed by atoms with Crippen molar-refractivity contribution in [1.29, 1.82) is 0 Å². The number of ether oxygens (including phenoxy) is 2. The summed E-state index contributed by atoms with van der Waals surface area (Å²) < 4.78 is 11.0. The zero-order valence-corrected chi connectivity index (χ0v) is 13.2. The van der Waals surface area contributed by atoms with Crippen LogP contribution in [0.3, 0.4) is 0 Å². The lowest BCUT2D eigenvalue weighted by atomic mass is 10.1. The number of hydrogen-bond donors (Lipinski definition) is 0. The van der Waals surface area contributed by atoms with Crippen LogP contribution in [-0.2, 0) is 20.7 Å². The minimum absolute atomic E-state index is 0.0576. The molecule has 3 fully saturated rings. The summed E-state index contributed by atoms with van der Waals surface area (Å²) in [6.07, 6.45) is 1.44. The van der Waals surface area contributed by atoms with Gasteiger partial charge in [-0.2, -0.15) is 0 Å². The summed E-state index contributed by atoms with van der Waals surface area (Å²) in [5, 5.41) is 0. The highest BCUT2D eigenvalue weighted by Gasteiger charge is 2.62. The predicted molar refractivity (Wildman–Crippen MR) is 81.8 cm³/mol. The van der Waals surface area contributed by atoms with E-state index in [9.17, 15) is 9.59 Å². The van der Waals surface area contributed by atoms with Crippen LogP contribution in [0, 0.1) is 0 Å². The van der Waals surface area contributed by atoms with Crippen LogP contribution in [0.5, 0.6) is 5.75 Å². The Balaban J connectivity index is 1.50. The second-order valence-electron chi connectivity index (χ2n) is 6.32. The van der Waals surface area contributed by atoms with Gasteiger partial charge in [0.2, 0.25) is 11.8 Å². The van der Waals surface area contributed by atoms with E-state index in [0.29, 0.717) is 32.5 Å². The topological polar surface area (TPSA) is 59.1 Å². The van der Waals surface area contributed by atoms with Gasteiger partial charge in [-0.15, -0.1) is 0 Å². The van der Waals surface area contributed by atoms with Crippen molar-refractivity contribution in [1.82, 2.24) is 9.80 Å². The summed E-state index contributed by atoms with van der Waals surface area (Å²) in [5.74, 6) is 0.939. The van der Waals surface area contributed by atoms with Crippen molar-refractivity contribution in [3.63, 3.8) is 0 Å². The van der Waals surface area contributed by atoms with Crippen LogP contribution >= 0.6 is 0 Å². The van der Waals surface area contributed by atoms with Crippen LogP contribution in [0.1, 0.15) is 18.4 Å². The van der Waals surface area contributed by atoms with Gasteiger partial charge in [-0.1, -0.05) is 12.1 Å². The number of likely N-dealkylation sites (tertiary alicyclic amines) is 1. The van der Waals surface area contributed by atoms with Crippen LogP contribution in [-0.4, -0.2) is 60.2 Å². The van der Waals surface area contributed by atoms with E-state index < -0.39 is 5.72 Å². The molecule has 0 unspecified atom stereocenters. The molecule has 0 radical (unpaired) electrons. The standard InChI is InChI=1S/C17H20N2O4/c1-22-13-4-2-12(3-5-13)10-15(20)18-7-6-17-14(18)11-16(21)19(17)8-9-23-17/h2-5,14H,6-11H2,1H3/t14-,17+/m1/s1. The fourth-order valence-corrected chi connectivity index (χ4v) is 4.11. The number of rotatable bonds is 3. The lowest BCUT2D eigenvalue weighted by Gasteiger charge is -2.31. The zero-order chi connectivity index (χ0) is 16.0. The molecule has 0 aromatic heterocycles. The molecule has 122 valence electrons. The third-order valence-electron chi connectivity index (χ3n) is 5.24. The monoisotopic (exact) mass is 316 g/mol. The number of amides is 2. The zero-order valence-electron chi connectivity index (χ0n) is 13.2. The minimum atomic E-state index is -0.549. The number of hydrogen-bond acceptors (Lipinski definition) is 4. The van der Waals surface area contributed by atoms with E-state index in [-0.39, 0.29) is 17.9 Å². The average Bonchev–Trinajstić information content (AvgIpc) is 3.19. The van der Waals surface area contributed by atoms with Crippen molar-refractivity contribution in [2.24, 2.45) is 0 Å². The second kappa shape index (κ2) is 5.23. The molecular weight excluding hydrogens is 296 g/mol. The van der Waals surface area contributed by atoms with Gasteiger partial charge in [0.25, 0.3) is 0 Å². The lowest BCUT2D eigenvalue weighted by molar-refractivity contribution is -0.139. The Kier molecular flexibility index (Phi) is 3.30. The number of benzene rings is 1. The average molecular weight is 316 g/mol. The van der Waals surface area contributed by atoms with Crippen LogP contribution in [0.15, 0.2) is 24.3 Å². The number of carbonyl (C=O) groups is 2. The maximum Gasteiger partial charge on any atom is 0.227 e. The Bertz CT molecular complexity index is 644. The van der Waals surface area contributed by atoms with Crippen LogP contribution in [0.25, 0.3) is 0 Å². The molecule has 2 amide bonds. The van der Waals surface area contributed by atoms with Crippen LogP contribution in [0.4, 0.5) is 0 Å². The van der Waals surface area contributed by atoms with E-state index in [1.807, 2.05) is 34.1 Å². The molecule has 2 atom stereocenters. The molecule has 1 aromatic rings. The second-order valence-corrected chi connectivity index (χ2v) is 6.32. The quantitative estimate of drug-likeness (QED) is 0.827. The molecule has 0 aliphatic carbocycles. The fraction of sp³-hybridized carbons (Fsp3) is 0.529. The number of methoxy groups -OCH3 is 1. The molecule has 0 bridgehead atoms. The SMILES string of the molecule is COc1ccc(CC(=O)N2CC[C@@]34OCCN3C(=O)C[C@@H]24)cc1. The lowest BCUT2D eigenvalue weighted by Crippen LogP contribution is -2.49. The van der Waals surface area contributed by atoms with Crippen LogP contribution < -0.4 is 4.74 Å². The highest BCUT2D eigenvalue weighted by Crippen LogP contribution is 2.45. The van der Waals surface area contributed by atoms with Crippen molar-refractivity contribution in [3.05, 3.63) is 29.8 Å². The molecule has 1 aromatic carbocycles. The highest BCUT2D eigenvalue weighted by atomic mass is 16.5. The first-order valence-electron chi connectivity index (χ1n) is 8.01.